The van der Waals surface area contributed by atoms with Crippen LogP contribution in [0.1, 0.15) is 38.9 Å². The van der Waals surface area contributed by atoms with Gasteiger partial charge in [0.1, 0.15) is 0 Å². The van der Waals surface area contributed by atoms with Crippen LogP contribution < -0.4 is 0 Å². The van der Waals surface area contributed by atoms with Crippen molar-refractivity contribution >= 4 is 11.6 Å². The second-order valence-electron chi connectivity index (χ2n) is 5.54. The van der Waals surface area contributed by atoms with E-state index in [1.165, 1.54) is 0 Å². The van der Waals surface area contributed by atoms with Gasteiger partial charge in [0.15, 0.2) is 0 Å². The van der Waals surface area contributed by atoms with Crippen LogP contribution in [0.25, 0.3) is 0 Å². The number of hydrogen-bond donors (Lipinski definition) is 2. The molecule has 0 aliphatic heterocycles. The first-order valence-corrected chi connectivity index (χ1v) is 7.08. The number of rotatable bonds is 7. The van der Waals surface area contributed by atoms with Gasteiger partial charge in [0, 0.05) is 18.1 Å². The molecule has 3 nitrogen and oxygen atoms in total. The number of aliphatic hydroxyl groups is 2. The quantitative estimate of drug-likeness (QED) is 0.810. The monoisotopic (exact) mass is 285 g/mol. The maximum absolute atomic E-state index is 10.1. The second kappa shape index (κ2) is 7.25. The molecular weight excluding hydrogens is 262 g/mol. The molecule has 0 heterocycles. The summed E-state index contributed by atoms with van der Waals surface area (Å²) >= 11 is 5.91. The molecule has 1 atom stereocenters. The summed E-state index contributed by atoms with van der Waals surface area (Å²) in [6.45, 7) is 7.84. The lowest BCUT2D eigenvalue weighted by Crippen LogP contribution is -2.39. The molecule has 0 aromatic heterocycles. The Bertz CT molecular complexity index is 390. The number of likely N-dealkylation sites (N-methyl/N-ethyl adjacent to an activating group) is 1. The first-order valence-electron chi connectivity index (χ1n) is 6.70. The Labute approximate surface area is 120 Å². The lowest BCUT2D eigenvalue weighted by Gasteiger charge is -2.28. The van der Waals surface area contributed by atoms with Gasteiger partial charge in [0.05, 0.1) is 11.7 Å². The van der Waals surface area contributed by atoms with Crippen LogP contribution >= 0.6 is 11.6 Å². The highest BCUT2D eigenvalue weighted by atomic mass is 35.5. The van der Waals surface area contributed by atoms with Crippen LogP contribution in [0.2, 0.25) is 5.02 Å². The topological polar surface area (TPSA) is 43.7 Å². The van der Waals surface area contributed by atoms with Crippen molar-refractivity contribution in [2.24, 2.45) is 0 Å². The van der Waals surface area contributed by atoms with Crippen molar-refractivity contribution < 1.29 is 10.2 Å². The molecule has 4 heteroatoms. The minimum atomic E-state index is -0.711. The molecule has 1 aromatic rings. The number of hydrogen-bond acceptors (Lipinski definition) is 3. The highest BCUT2D eigenvalue weighted by Crippen LogP contribution is 2.20. The van der Waals surface area contributed by atoms with Crippen molar-refractivity contribution in [2.45, 2.75) is 38.9 Å². The first-order chi connectivity index (χ1) is 8.81. The molecule has 1 aromatic carbocycles. The van der Waals surface area contributed by atoms with E-state index in [0.717, 1.165) is 18.7 Å². The minimum Gasteiger partial charge on any atom is -0.389 e. The van der Waals surface area contributed by atoms with E-state index in [4.69, 9.17) is 11.6 Å². The van der Waals surface area contributed by atoms with Crippen LogP contribution in [-0.4, -0.2) is 40.3 Å². The molecule has 2 N–H and O–H groups in total. The van der Waals surface area contributed by atoms with Crippen LogP contribution in [0.3, 0.4) is 0 Å². The lowest BCUT2D eigenvalue weighted by atomic mass is 10.1. The third-order valence-corrected chi connectivity index (χ3v) is 3.25. The van der Waals surface area contributed by atoms with Gasteiger partial charge in [0.25, 0.3) is 0 Å². The van der Waals surface area contributed by atoms with Crippen LogP contribution in [0.15, 0.2) is 24.3 Å². The van der Waals surface area contributed by atoms with E-state index in [1.807, 2.05) is 12.1 Å². The molecule has 0 saturated heterocycles. The molecule has 1 rings (SSSR count). The number of nitrogens with zero attached hydrogens (tertiary/aromatic N) is 1. The summed E-state index contributed by atoms with van der Waals surface area (Å²) in [5, 5.41) is 20.6. The van der Waals surface area contributed by atoms with Crippen LogP contribution in [0, 0.1) is 0 Å². The predicted octanol–water partition coefficient (Wildman–Crippen LogP) is 2.86. The van der Waals surface area contributed by atoms with Gasteiger partial charge in [-0.1, -0.05) is 30.7 Å². The lowest BCUT2D eigenvalue weighted by molar-refractivity contribution is 0.0322. The van der Waals surface area contributed by atoms with E-state index in [0.29, 0.717) is 18.0 Å². The summed E-state index contributed by atoms with van der Waals surface area (Å²) in [7, 11) is 0. The summed E-state index contributed by atoms with van der Waals surface area (Å²) < 4.78 is 0. The first kappa shape index (κ1) is 16.4. The molecule has 0 amide bonds. The average molecular weight is 286 g/mol. The van der Waals surface area contributed by atoms with Gasteiger partial charge in [-0.25, -0.2) is 0 Å². The van der Waals surface area contributed by atoms with Crippen molar-refractivity contribution in [3.8, 4) is 0 Å². The zero-order chi connectivity index (χ0) is 14.5. The highest BCUT2D eigenvalue weighted by molar-refractivity contribution is 6.30. The van der Waals surface area contributed by atoms with Crippen molar-refractivity contribution in [3.63, 3.8) is 0 Å². The zero-order valence-electron chi connectivity index (χ0n) is 11.9. The van der Waals surface area contributed by atoms with Gasteiger partial charge in [0.2, 0.25) is 0 Å². The Morgan fingerprint density at radius 3 is 2.58 bits per heavy atom. The SMILES string of the molecule is CCN(CCC(O)c1cccc(Cl)c1)CC(C)(C)O. The second-order valence-corrected chi connectivity index (χ2v) is 5.98. The zero-order valence-corrected chi connectivity index (χ0v) is 12.7. The minimum absolute atomic E-state index is 0.519. The molecular formula is C15H24ClNO2. The van der Waals surface area contributed by atoms with E-state index < -0.39 is 11.7 Å². The molecule has 0 aliphatic carbocycles. The van der Waals surface area contributed by atoms with Gasteiger partial charge in [-0.15, -0.1) is 0 Å². The fourth-order valence-electron chi connectivity index (χ4n) is 2.08. The Balaban J connectivity index is 2.50. The van der Waals surface area contributed by atoms with Crippen molar-refractivity contribution in [2.75, 3.05) is 19.6 Å². The molecule has 0 saturated carbocycles. The molecule has 1 unspecified atom stereocenters. The molecule has 0 fully saturated rings. The van der Waals surface area contributed by atoms with E-state index in [9.17, 15) is 10.2 Å². The fourth-order valence-corrected chi connectivity index (χ4v) is 2.28. The van der Waals surface area contributed by atoms with Crippen molar-refractivity contribution in [1.29, 1.82) is 0 Å². The van der Waals surface area contributed by atoms with Gasteiger partial charge >= 0.3 is 0 Å². The van der Waals surface area contributed by atoms with E-state index in [2.05, 4.69) is 11.8 Å². The molecule has 0 radical (unpaired) electrons. The predicted molar refractivity (Wildman–Crippen MR) is 79.4 cm³/mol. The van der Waals surface area contributed by atoms with Crippen LogP contribution in [-0.2, 0) is 0 Å². The van der Waals surface area contributed by atoms with Crippen molar-refractivity contribution in [3.05, 3.63) is 34.9 Å². The summed E-state index contributed by atoms with van der Waals surface area (Å²) in [5.41, 5.74) is 0.128. The Morgan fingerprint density at radius 2 is 2.05 bits per heavy atom. The fraction of sp³-hybridized carbons (Fsp3) is 0.600. The average Bonchev–Trinajstić information content (AvgIpc) is 2.32. The Kier molecular flexibility index (Phi) is 6.27. The molecule has 108 valence electrons. The third kappa shape index (κ3) is 6.39. The van der Waals surface area contributed by atoms with E-state index >= 15 is 0 Å². The molecule has 19 heavy (non-hydrogen) atoms. The van der Waals surface area contributed by atoms with Gasteiger partial charge < -0.3 is 15.1 Å². The number of aliphatic hydroxyl groups excluding tert-OH is 1. The van der Waals surface area contributed by atoms with Crippen LogP contribution in [0.4, 0.5) is 0 Å². The van der Waals surface area contributed by atoms with Gasteiger partial charge in [-0.3, -0.25) is 0 Å². The Morgan fingerprint density at radius 1 is 1.37 bits per heavy atom. The molecule has 0 aliphatic rings. The normalized spacial score (nSPS) is 13.8. The Hall–Kier alpha value is -0.610. The number of benzene rings is 1. The summed E-state index contributed by atoms with van der Waals surface area (Å²) in [5.74, 6) is 0. The largest absolute Gasteiger partial charge is 0.389 e. The van der Waals surface area contributed by atoms with E-state index in [-0.39, 0.29) is 0 Å². The molecule has 0 spiro atoms. The standard InChI is InChI=1S/C15H24ClNO2/c1-4-17(11-15(2,3)19)9-8-14(18)12-6-5-7-13(16)10-12/h5-7,10,14,18-19H,4,8-9,11H2,1-3H3. The maximum Gasteiger partial charge on any atom is 0.0802 e. The van der Waals surface area contributed by atoms with Crippen LogP contribution in [0.5, 0.6) is 0 Å². The number of halogens is 1. The van der Waals surface area contributed by atoms with Crippen molar-refractivity contribution in [1.82, 2.24) is 4.90 Å². The summed E-state index contributed by atoms with van der Waals surface area (Å²) in [6, 6.07) is 7.31. The van der Waals surface area contributed by atoms with E-state index in [1.54, 1.807) is 26.0 Å². The maximum atomic E-state index is 10.1. The smallest absolute Gasteiger partial charge is 0.0802 e. The van der Waals surface area contributed by atoms with Gasteiger partial charge in [-0.05, 0) is 44.5 Å². The molecule has 0 bridgehead atoms. The summed E-state index contributed by atoms with van der Waals surface area (Å²) in [4.78, 5) is 2.13. The highest BCUT2D eigenvalue weighted by Gasteiger charge is 2.18. The third-order valence-electron chi connectivity index (χ3n) is 3.01. The summed E-state index contributed by atoms with van der Waals surface area (Å²) in [6.07, 6.45) is 0.110. The van der Waals surface area contributed by atoms with Gasteiger partial charge in [-0.2, -0.15) is 0 Å².